The molecular formula is C21H27NO5S. The number of hydrogen-bond acceptors (Lipinski definition) is 6. The second-order valence-corrected chi connectivity index (χ2v) is 9.87. The highest BCUT2D eigenvalue weighted by atomic mass is 32.1. The van der Waals surface area contributed by atoms with Gasteiger partial charge in [0.1, 0.15) is 5.00 Å². The number of carbonyl (C=O) groups excluding carboxylic acids is 3. The van der Waals surface area contributed by atoms with E-state index in [0.29, 0.717) is 23.4 Å². The second-order valence-electron chi connectivity index (χ2n) is 8.76. The molecule has 152 valence electrons. The summed E-state index contributed by atoms with van der Waals surface area (Å²) in [6.45, 7) is 7.79. The molecule has 28 heavy (non-hydrogen) atoms. The summed E-state index contributed by atoms with van der Waals surface area (Å²) in [6.07, 6.45) is 4.95. The molecule has 2 fully saturated rings. The molecule has 7 heteroatoms. The number of nitrogens with one attached hydrogen (secondary N) is 1. The van der Waals surface area contributed by atoms with E-state index in [1.165, 1.54) is 11.3 Å². The number of esters is 2. The Balaban J connectivity index is 1.70. The van der Waals surface area contributed by atoms with E-state index in [1.54, 1.807) is 6.92 Å². The Morgan fingerprint density at radius 2 is 1.89 bits per heavy atom. The highest BCUT2D eigenvalue weighted by molar-refractivity contribution is 7.17. The number of hydrogen-bond donors (Lipinski definition) is 1. The molecule has 4 rings (SSSR count). The van der Waals surface area contributed by atoms with E-state index in [2.05, 4.69) is 5.32 Å². The van der Waals surface area contributed by atoms with Gasteiger partial charge in [-0.2, -0.15) is 0 Å². The van der Waals surface area contributed by atoms with Crippen molar-refractivity contribution >= 4 is 34.2 Å². The zero-order chi connectivity index (χ0) is 20.3. The number of thiophene rings is 1. The number of anilines is 1. The van der Waals surface area contributed by atoms with Gasteiger partial charge in [-0.3, -0.25) is 9.59 Å². The minimum Gasteiger partial charge on any atom is -0.462 e. The Hall–Kier alpha value is -1.89. The fraction of sp³-hybridized carbons (Fsp3) is 0.667. The van der Waals surface area contributed by atoms with E-state index >= 15 is 0 Å². The predicted molar refractivity (Wildman–Crippen MR) is 105 cm³/mol. The maximum atomic E-state index is 13.4. The van der Waals surface area contributed by atoms with Gasteiger partial charge in [0.15, 0.2) is 5.60 Å². The summed E-state index contributed by atoms with van der Waals surface area (Å²) in [7, 11) is 0. The lowest BCUT2D eigenvalue weighted by Gasteiger charge is -2.35. The first-order valence-corrected chi connectivity index (χ1v) is 10.9. The van der Waals surface area contributed by atoms with Crippen LogP contribution in [0.5, 0.6) is 0 Å². The monoisotopic (exact) mass is 405 g/mol. The molecule has 3 aliphatic rings. The molecule has 1 N–H and O–H groups in total. The third kappa shape index (κ3) is 2.34. The molecule has 2 aliphatic carbocycles. The molecule has 0 aromatic carbocycles. The van der Waals surface area contributed by atoms with Gasteiger partial charge >= 0.3 is 11.9 Å². The van der Waals surface area contributed by atoms with Crippen molar-refractivity contribution in [1.82, 2.24) is 0 Å². The van der Waals surface area contributed by atoms with Gasteiger partial charge in [-0.25, -0.2) is 4.79 Å². The fourth-order valence-electron chi connectivity index (χ4n) is 5.02. The van der Waals surface area contributed by atoms with Crippen molar-refractivity contribution in [3.63, 3.8) is 0 Å². The summed E-state index contributed by atoms with van der Waals surface area (Å²) in [5, 5.41) is 3.49. The highest BCUT2D eigenvalue weighted by Crippen LogP contribution is 2.65. The Kier molecular flexibility index (Phi) is 4.38. The molecule has 6 nitrogen and oxygen atoms in total. The van der Waals surface area contributed by atoms with Crippen LogP contribution in [-0.2, 0) is 31.9 Å². The quantitative estimate of drug-likeness (QED) is 0.769. The third-order valence-electron chi connectivity index (χ3n) is 7.33. The van der Waals surface area contributed by atoms with Crippen LogP contribution in [0.2, 0.25) is 0 Å². The average molecular weight is 406 g/mol. The summed E-state index contributed by atoms with van der Waals surface area (Å²) in [6, 6.07) is 0. The van der Waals surface area contributed by atoms with Gasteiger partial charge in [0.25, 0.3) is 5.91 Å². The molecule has 1 amide bonds. The van der Waals surface area contributed by atoms with Crippen molar-refractivity contribution in [3.05, 3.63) is 16.0 Å². The molecule has 2 heterocycles. The highest BCUT2D eigenvalue weighted by Gasteiger charge is 2.75. The second kappa shape index (κ2) is 6.31. The molecule has 2 bridgehead atoms. The van der Waals surface area contributed by atoms with Crippen molar-refractivity contribution in [3.8, 4) is 0 Å². The van der Waals surface area contributed by atoms with Crippen molar-refractivity contribution in [1.29, 1.82) is 0 Å². The van der Waals surface area contributed by atoms with Gasteiger partial charge in [-0.15, -0.1) is 11.3 Å². The van der Waals surface area contributed by atoms with Crippen LogP contribution in [0.1, 0.15) is 74.2 Å². The SMILES string of the molecule is CCOC(=O)c1c(NC(=O)[C@@]23CC[C@](C)(C(=O)O2)C3(C)C)sc2c1CCCC2. The first-order chi connectivity index (χ1) is 13.2. The van der Waals surface area contributed by atoms with Crippen LogP contribution >= 0.6 is 11.3 Å². The molecule has 1 aromatic heterocycles. The van der Waals surface area contributed by atoms with Crippen LogP contribution in [0, 0.1) is 10.8 Å². The molecule has 1 saturated carbocycles. The number of ether oxygens (including phenoxy) is 2. The van der Waals surface area contributed by atoms with Gasteiger partial charge in [0, 0.05) is 10.3 Å². The van der Waals surface area contributed by atoms with Gasteiger partial charge < -0.3 is 14.8 Å². The van der Waals surface area contributed by atoms with Gasteiger partial charge in [0.2, 0.25) is 0 Å². The van der Waals surface area contributed by atoms with Gasteiger partial charge in [0.05, 0.1) is 17.6 Å². The van der Waals surface area contributed by atoms with E-state index in [4.69, 9.17) is 9.47 Å². The van der Waals surface area contributed by atoms with Crippen molar-refractivity contribution in [2.24, 2.45) is 10.8 Å². The Morgan fingerprint density at radius 3 is 2.50 bits per heavy atom. The van der Waals surface area contributed by atoms with E-state index < -0.39 is 22.4 Å². The maximum absolute atomic E-state index is 13.4. The molecule has 1 saturated heterocycles. The van der Waals surface area contributed by atoms with Crippen LogP contribution in [0.15, 0.2) is 0 Å². The van der Waals surface area contributed by atoms with Crippen molar-refractivity contribution in [2.75, 3.05) is 11.9 Å². The van der Waals surface area contributed by atoms with Crippen LogP contribution < -0.4 is 5.32 Å². The van der Waals surface area contributed by atoms with Crippen LogP contribution in [0.25, 0.3) is 0 Å². The Labute approximate surface area is 169 Å². The summed E-state index contributed by atoms with van der Waals surface area (Å²) in [5.74, 6) is -1.04. The molecular weight excluding hydrogens is 378 g/mol. The Bertz CT molecular complexity index is 872. The van der Waals surface area contributed by atoms with Crippen molar-refractivity contribution < 1.29 is 23.9 Å². The lowest BCUT2D eigenvalue weighted by atomic mass is 9.66. The van der Waals surface area contributed by atoms with E-state index in [0.717, 1.165) is 36.1 Å². The average Bonchev–Trinajstić information content (AvgIpc) is 3.15. The third-order valence-corrected chi connectivity index (χ3v) is 8.54. The number of fused-ring (bicyclic) bond motifs is 3. The minimum absolute atomic E-state index is 0.282. The first-order valence-electron chi connectivity index (χ1n) is 10.0. The number of rotatable bonds is 4. The largest absolute Gasteiger partial charge is 0.462 e. The summed E-state index contributed by atoms with van der Waals surface area (Å²) in [4.78, 5) is 39.7. The summed E-state index contributed by atoms with van der Waals surface area (Å²) >= 11 is 1.45. The normalized spacial score (nSPS) is 29.9. The number of amides is 1. The maximum Gasteiger partial charge on any atom is 0.341 e. The van der Waals surface area contributed by atoms with E-state index in [1.807, 2.05) is 20.8 Å². The zero-order valence-corrected chi connectivity index (χ0v) is 17.7. The van der Waals surface area contributed by atoms with Gasteiger partial charge in [-0.1, -0.05) is 13.8 Å². The van der Waals surface area contributed by atoms with E-state index in [-0.39, 0.29) is 18.5 Å². The Morgan fingerprint density at radius 1 is 1.18 bits per heavy atom. The van der Waals surface area contributed by atoms with Crippen LogP contribution in [0.3, 0.4) is 0 Å². The summed E-state index contributed by atoms with van der Waals surface area (Å²) < 4.78 is 11.0. The molecule has 0 radical (unpaired) electrons. The zero-order valence-electron chi connectivity index (χ0n) is 16.9. The fourth-order valence-corrected chi connectivity index (χ4v) is 6.30. The lowest BCUT2D eigenvalue weighted by Crippen LogP contribution is -2.50. The van der Waals surface area contributed by atoms with Crippen molar-refractivity contribution in [2.45, 2.75) is 71.8 Å². The van der Waals surface area contributed by atoms with Crippen LogP contribution in [-0.4, -0.2) is 30.1 Å². The minimum atomic E-state index is -1.20. The first kappa shape index (κ1) is 19.4. The predicted octanol–water partition coefficient (Wildman–Crippen LogP) is 3.86. The lowest BCUT2D eigenvalue weighted by molar-refractivity contribution is -0.165. The smallest absolute Gasteiger partial charge is 0.341 e. The standard InChI is InChI=1S/C21H27NO5S/c1-5-26-16(23)14-12-8-6-7-9-13(12)28-15(14)22-17(24)21-11-10-20(4,18(25)27-21)19(21,2)3/h5-11H2,1-4H3,(H,22,24)/t20-,21-/m1/s1. The molecule has 0 spiro atoms. The van der Waals surface area contributed by atoms with E-state index in [9.17, 15) is 14.4 Å². The van der Waals surface area contributed by atoms with Crippen LogP contribution in [0.4, 0.5) is 5.00 Å². The number of aryl methyl sites for hydroxylation is 1. The van der Waals surface area contributed by atoms with Gasteiger partial charge in [-0.05, 0) is 57.9 Å². The molecule has 1 aromatic rings. The molecule has 0 unspecified atom stereocenters. The molecule has 1 aliphatic heterocycles. The molecule has 2 atom stereocenters. The number of carbonyl (C=O) groups is 3. The summed E-state index contributed by atoms with van der Waals surface area (Å²) in [5.41, 5.74) is -1.00. The topological polar surface area (TPSA) is 81.7 Å².